The number of anilines is 1. The van der Waals surface area contributed by atoms with Gasteiger partial charge in [-0.1, -0.05) is 36.4 Å². The van der Waals surface area contributed by atoms with Crippen LogP contribution in [0.4, 0.5) is 5.95 Å². The first-order valence-corrected chi connectivity index (χ1v) is 7.24. The van der Waals surface area contributed by atoms with Crippen molar-refractivity contribution in [2.75, 3.05) is 12.3 Å². The van der Waals surface area contributed by atoms with Crippen LogP contribution in [-0.2, 0) is 0 Å². The summed E-state index contributed by atoms with van der Waals surface area (Å²) >= 11 is 0. The third-order valence-electron chi connectivity index (χ3n) is 3.19. The summed E-state index contributed by atoms with van der Waals surface area (Å²) < 4.78 is 10.9. The van der Waals surface area contributed by atoms with Gasteiger partial charge in [-0.15, -0.1) is 0 Å². The maximum Gasteiger partial charge on any atom is 0.237 e. The molecule has 1 aromatic carbocycles. The predicted molar refractivity (Wildman–Crippen MR) is 89.8 cm³/mol. The summed E-state index contributed by atoms with van der Waals surface area (Å²) in [5.41, 5.74) is 7.27. The zero-order valence-electron chi connectivity index (χ0n) is 12.7. The fourth-order valence-electron chi connectivity index (χ4n) is 2.13. The second-order valence-electron chi connectivity index (χ2n) is 4.82. The van der Waals surface area contributed by atoms with E-state index < -0.39 is 0 Å². The zero-order chi connectivity index (χ0) is 16.8. The Kier molecular flexibility index (Phi) is 4.54. The van der Waals surface area contributed by atoms with Gasteiger partial charge < -0.3 is 14.9 Å². The van der Waals surface area contributed by atoms with Crippen molar-refractivity contribution < 1.29 is 9.15 Å². The van der Waals surface area contributed by atoms with E-state index in [4.69, 9.17) is 14.9 Å². The first-order valence-electron chi connectivity index (χ1n) is 7.24. The Balaban J connectivity index is 1.81. The van der Waals surface area contributed by atoms with Gasteiger partial charge in [0.25, 0.3) is 0 Å². The number of hydrogen-bond acceptors (Lipinski definition) is 6. The van der Waals surface area contributed by atoms with Crippen LogP contribution in [0.15, 0.2) is 59.2 Å². The minimum atomic E-state index is 0.0161. The van der Waals surface area contributed by atoms with Crippen molar-refractivity contribution in [1.29, 1.82) is 5.26 Å². The number of aromatic nitrogens is 2. The lowest BCUT2D eigenvalue weighted by atomic mass is 10.2. The molecule has 2 N–H and O–H groups in total. The van der Waals surface area contributed by atoms with Crippen LogP contribution in [0.2, 0.25) is 0 Å². The molecule has 0 saturated carbocycles. The van der Waals surface area contributed by atoms with Crippen LogP contribution in [-0.4, -0.2) is 16.6 Å². The molecular weight excluding hydrogens is 304 g/mol. The maximum atomic E-state index is 9.41. The van der Waals surface area contributed by atoms with E-state index >= 15 is 0 Å². The first kappa shape index (κ1) is 15.3. The van der Waals surface area contributed by atoms with Gasteiger partial charge in [-0.25, -0.2) is 4.98 Å². The number of nitriles is 1. The van der Waals surface area contributed by atoms with Crippen LogP contribution >= 0.6 is 0 Å². The number of nitrogens with two attached hydrogens (primary N) is 1. The largest absolute Gasteiger partial charge is 0.472 e. The molecule has 0 spiro atoms. The molecule has 0 bridgehead atoms. The van der Waals surface area contributed by atoms with Crippen LogP contribution in [0.3, 0.4) is 0 Å². The fourth-order valence-corrected chi connectivity index (χ4v) is 2.13. The van der Waals surface area contributed by atoms with Crippen LogP contribution < -0.4 is 10.5 Å². The molecule has 0 radical (unpaired) electrons. The molecule has 0 saturated heterocycles. The van der Waals surface area contributed by atoms with Crippen LogP contribution in [0.25, 0.3) is 17.5 Å². The molecule has 0 amide bonds. The number of furan rings is 1. The number of rotatable bonds is 5. The van der Waals surface area contributed by atoms with Crippen molar-refractivity contribution in [2.45, 2.75) is 0 Å². The minimum absolute atomic E-state index is 0.0161. The summed E-state index contributed by atoms with van der Waals surface area (Å²) in [5, 5.41) is 9.41. The number of ether oxygens (including phenoxy) is 1. The van der Waals surface area contributed by atoms with Gasteiger partial charge >= 0.3 is 0 Å². The first-order chi connectivity index (χ1) is 11.8. The molecule has 118 valence electrons. The summed E-state index contributed by atoms with van der Waals surface area (Å²) in [6.45, 7) is 0.248. The standard InChI is InChI=1S/C18H14N4O2/c19-12-14-16(15-9-5-10-23-15)21-18(20)22-17(14)24-11-4-8-13-6-2-1-3-7-13/h1-10H,11H2,(H2,20,21,22). The van der Waals surface area contributed by atoms with Gasteiger partial charge in [0.05, 0.1) is 6.26 Å². The average molecular weight is 318 g/mol. The summed E-state index contributed by atoms with van der Waals surface area (Å²) in [4.78, 5) is 8.08. The number of nitrogen functional groups attached to an aromatic ring is 1. The second-order valence-corrected chi connectivity index (χ2v) is 4.82. The van der Waals surface area contributed by atoms with Gasteiger partial charge in [0.1, 0.15) is 23.9 Å². The van der Waals surface area contributed by atoms with E-state index in [-0.39, 0.29) is 24.0 Å². The Morgan fingerprint density at radius 1 is 1.17 bits per heavy atom. The lowest BCUT2D eigenvalue weighted by Gasteiger charge is -2.08. The molecule has 0 unspecified atom stereocenters. The van der Waals surface area contributed by atoms with Crippen LogP contribution in [0.1, 0.15) is 11.1 Å². The van der Waals surface area contributed by atoms with E-state index in [0.717, 1.165) is 5.56 Å². The minimum Gasteiger partial charge on any atom is -0.472 e. The van der Waals surface area contributed by atoms with Gasteiger partial charge in [0, 0.05) is 0 Å². The topological polar surface area (TPSA) is 98.0 Å². The fraction of sp³-hybridized carbons (Fsp3) is 0.0556. The SMILES string of the molecule is N#Cc1c(OCC=Cc2ccccc2)nc(N)nc1-c1ccco1. The van der Waals surface area contributed by atoms with Gasteiger partial charge in [0.2, 0.25) is 11.8 Å². The predicted octanol–water partition coefficient (Wildman–Crippen LogP) is 3.28. The summed E-state index contributed by atoms with van der Waals surface area (Å²) in [7, 11) is 0. The summed E-state index contributed by atoms with van der Waals surface area (Å²) in [6.07, 6.45) is 5.25. The van der Waals surface area contributed by atoms with Gasteiger partial charge in [0.15, 0.2) is 5.76 Å². The Hall–Kier alpha value is -3.59. The highest BCUT2D eigenvalue weighted by atomic mass is 16.5. The van der Waals surface area contributed by atoms with E-state index in [1.807, 2.05) is 48.6 Å². The zero-order valence-corrected chi connectivity index (χ0v) is 12.7. The number of nitrogens with zero attached hydrogens (tertiary/aromatic N) is 3. The van der Waals surface area contributed by atoms with E-state index in [1.165, 1.54) is 6.26 Å². The van der Waals surface area contributed by atoms with Gasteiger partial charge in [-0.3, -0.25) is 0 Å². The molecule has 0 aliphatic carbocycles. The molecule has 0 atom stereocenters. The number of benzene rings is 1. The van der Waals surface area contributed by atoms with E-state index in [0.29, 0.717) is 11.5 Å². The van der Waals surface area contributed by atoms with Crippen molar-refractivity contribution in [3.05, 3.63) is 65.9 Å². The molecule has 0 aliphatic rings. The molecule has 2 aromatic heterocycles. The quantitative estimate of drug-likeness (QED) is 0.775. The monoisotopic (exact) mass is 318 g/mol. The van der Waals surface area contributed by atoms with Gasteiger partial charge in [-0.2, -0.15) is 10.2 Å². The maximum absolute atomic E-state index is 9.41. The second kappa shape index (κ2) is 7.11. The molecule has 3 aromatic rings. The average Bonchev–Trinajstić information content (AvgIpc) is 3.13. The highest BCUT2D eigenvalue weighted by molar-refractivity contribution is 5.66. The van der Waals surface area contributed by atoms with Gasteiger partial charge in [-0.05, 0) is 23.8 Å². The van der Waals surface area contributed by atoms with Crippen LogP contribution in [0.5, 0.6) is 5.88 Å². The normalized spacial score (nSPS) is 10.6. The third kappa shape index (κ3) is 3.42. The highest BCUT2D eigenvalue weighted by Gasteiger charge is 2.17. The molecule has 0 fully saturated rings. The molecule has 6 heteroatoms. The molecule has 3 rings (SSSR count). The Labute approximate surface area is 138 Å². The van der Waals surface area contributed by atoms with Crippen molar-refractivity contribution >= 4 is 12.0 Å². The molecule has 6 nitrogen and oxygen atoms in total. The lowest BCUT2D eigenvalue weighted by molar-refractivity contribution is 0.348. The van der Waals surface area contributed by atoms with E-state index in [1.54, 1.807) is 12.1 Å². The number of hydrogen-bond donors (Lipinski definition) is 1. The third-order valence-corrected chi connectivity index (χ3v) is 3.19. The van der Waals surface area contributed by atoms with Crippen molar-refractivity contribution in [3.63, 3.8) is 0 Å². The highest BCUT2D eigenvalue weighted by Crippen LogP contribution is 2.28. The van der Waals surface area contributed by atoms with Crippen molar-refractivity contribution in [3.8, 4) is 23.4 Å². The molecular formula is C18H14N4O2. The van der Waals surface area contributed by atoms with Crippen molar-refractivity contribution in [1.82, 2.24) is 9.97 Å². The Morgan fingerprint density at radius 2 is 2.00 bits per heavy atom. The molecule has 2 heterocycles. The van der Waals surface area contributed by atoms with E-state index in [2.05, 4.69) is 9.97 Å². The summed E-state index contributed by atoms with van der Waals surface area (Å²) in [6, 6.07) is 15.3. The Morgan fingerprint density at radius 3 is 2.71 bits per heavy atom. The van der Waals surface area contributed by atoms with E-state index in [9.17, 15) is 5.26 Å². The Bertz CT molecular complexity index is 881. The smallest absolute Gasteiger partial charge is 0.237 e. The lowest BCUT2D eigenvalue weighted by Crippen LogP contribution is -2.05. The van der Waals surface area contributed by atoms with Crippen molar-refractivity contribution in [2.24, 2.45) is 0 Å². The molecule has 0 aliphatic heterocycles. The summed E-state index contributed by atoms with van der Waals surface area (Å²) in [5.74, 6) is 0.585. The molecule has 24 heavy (non-hydrogen) atoms. The van der Waals surface area contributed by atoms with Crippen LogP contribution in [0, 0.1) is 11.3 Å².